The Hall–Kier alpha value is -4.66. The van der Waals surface area contributed by atoms with Crippen LogP contribution in [-0.2, 0) is 4.79 Å². The Bertz CT molecular complexity index is 1660. The maximum Gasteiger partial charge on any atom is 0.272 e. The zero-order chi connectivity index (χ0) is 31.2. The molecule has 3 atom stereocenters. The van der Waals surface area contributed by atoms with Crippen LogP contribution in [0.25, 0.3) is 22.0 Å². The van der Waals surface area contributed by atoms with Crippen LogP contribution in [0.15, 0.2) is 72.9 Å². The summed E-state index contributed by atoms with van der Waals surface area (Å²) >= 11 is 0. The topological polar surface area (TPSA) is 102 Å². The third-order valence-electron chi connectivity index (χ3n) is 8.78. The van der Waals surface area contributed by atoms with E-state index in [1.807, 2.05) is 71.3 Å². The Morgan fingerprint density at radius 3 is 2.34 bits per heavy atom. The maximum atomic E-state index is 13.3. The normalized spacial score (nSPS) is 21.1. The fraction of sp³-hybridized carbons (Fsp3) is 0.371. The molecule has 1 spiro atoms. The predicted octanol–water partition coefficient (Wildman–Crippen LogP) is 4.81. The van der Waals surface area contributed by atoms with Crippen LogP contribution in [0.5, 0.6) is 0 Å². The van der Waals surface area contributed by atoms with Crippen molar-refractivity contribution < 1.29 is 14.4 Å². The minimum Gasteiger partial charge on any atom is -0.378 e. The van der Waals surface area contributed by atoms with Crippen molar-refractivity contribution in [2.45, 2.75) is 39.3 Å². The monoisotopic (exact) mass is 592 g/mol. The van der Waals surface area contributed by atoms with Gasteiger partial charge in [0.05, 0.1) is 12.6 Å². The number of rotatable bonds is 6. The molecule has 2 aromatic carbocycles. The number of piperidine rings is 1. The van der Waals surface area contributed by atoms with E-state index in [0.29, 0.717) is 24.5 Å². The molecule has 4 aromatic rings. The maximum absolute atomic E-state index is 13.3. The van der Waals surface area contributed by atoms with E-state index in [4.69, 9.17) is 0 Å². The minimum absolute atomic E-state index is 0.000629. The first-order chi connectivity index (χ1) is 21.1. The van der Waals surface area contributed by atoms with E-state index in [0.717, 1.165) is 40.1 Å². The molecule has 44 heavy (non-hydrogen) atoms. The SMILES string of the molecule is CC(C)C.CN(C)c1ccc(-c2ccc(C(=O)N3CC45CC4N(C(=O)CNC(=O)c4cc6ccccc6[nH]4)CC35)nc2)cc1. The van der Waals surface area contributed by atoms with Gasteiger partial charge in [0.1, 0.15) is 11.4 Å². The van der Waals surface area contributed by atoms with Gasteiger partial charge in [0.25, 0.3) is 11.8 Å². The van der Waals surface area contributed by atoms with Crippen molar-refractivity contribution in [3.63, 3.8) is 0 Å². The third-order valence-corrected chi connectivity index (χ3v) is 8.78. The summed E-state index contributed by atoms with van der Waals surface area (Å²) in [5.74, 6) is 0.310. The van der Waals surface area contributed by atoms with Gasteiger partial charge < -0.3 is 25.0 Å². The van der Waals surface area contributed by atoms with Crippen molar-refractivity contribution in [2.75, 3.05) is 38.6 Å². The molecule has 0 bridgehead atoms. The van der Waals surface area contributed by atoms with Crippen molar-refractivity contribution in [2.24, 2.45) is 11.3 Å². The number of carbonyl (C=O) groups excluding carboxylic acids is 3. The van der Waals surface area contributed by atoms with Gasteiger partial charge in [-0.2, -0.15) is 0 Å². The number of hydrogen-bond acceptors (Lipinski definition) is 5. The van der Waals surface area contributed by atoms with Crippen LogP contribution in [0.1, 0.15) is 48.2 Å². The number of aromatic amines is 1. The Kier molecular flexibility index (Phi) is 7.65. The van der Waals surface area contributed by atoms with E-state index in [2.05, 4.69) is 48.2 Å². The molecule has 1 saturated carbocycles. The highest BCUT2D eigenvalue weighted by molar-refractivity contribution is 5.99. The lowest BCUT2D eigenvalue weighted by Crippen LogP contribution is -2.61. The van der Waals surface area contributed by atoms with Gasteiger partial charge in [-0.15, -0.1) is 0 Å². The third kappa shape index (κ3) is 5.42. The van der Waals surface area contributed by atoms with Crippen LogP contribution in [0.2, 0.25) is 0 Å². The largest absolute Gasteiger partial charge is 0.378 e. The summed E-state index contributed by atoms with van der Waals surface area (Å²) in [4.78, 5) is 52.3. The van der Waals surface area contributed by atoms with Crippen LogP contribution in [0.4, 0.5) is 5.69 Å². The number of anilines is 1. The number of nitrogens with one attached hydrogen (secondary N) is 2. The number of fused-ring (bicyclic) bond motifs is 1. The first kappa shape index (κ1) is 29.4. The molecule has 7 rings (SSSR count). The van der Waals surface area contributed by atoms with Crippen molar-refractivity contribution in [1.29, 1.82) is 0 Å². The number of carbonyl (C=O) groups is 3. The summed E-state index contributed by atoms with van der Waals surface area (Å²) in [6.45, 7) is 7.57. The molecule has 3 fully saturated rings. The van der Waals surface area contributed by atoms with E-state index in [1.54, 1.807) is 18.3 Å². The molecule has 1 aliphatic carbocycles. The fourth-order valence-electron chi connectivity index (χ4n) is 6.40. The number of hydrogen-bond donors (Lipinski definition) is 2. The Morgan fingerprint density at radius 2 is 1.68 bits per heavy atom. The molecular weight excluding hydrogens is 552 g/mol. The van der Waals surface area contributed by atoms with Gasteiger partial charge in [-0.3, -0.25) is 19.4 Å². The van der Waals surface area contributed by atoms with E-state index >= 15 is 0 Å². The molecular formula is C35H40N6O3. The molecule has 228 valence electrons. The van der Waals surface area contributed by atoms with Crippen molar-refractivity contribution >= 4 is 34.3 Å². The van der Waals surface area contributed by atoms with Gasteiger partial charge in [-0.1, -0.05) is 57.2 Å². The summed E-state index contributed by atoms with van der Waals surface area (Å²) in [5, 5.41) is 3.70. The second-order valence-electron chi connectivity index (χ2n) is 13.0. The second-order valence-corrected chi connectivity index (χ2v) is 13.0. The molecule has 2 N–H and O–H groups in total. The number of aromatic nitrogens is 2. The lowest BCUT2D eigenvalue weighted by atomic mass is 9.86. The van der Waals surface area contributed by atoms with Crippen LogP contribution < -0.4 is 10.2 Å². The average Bonchev–Trinajstić information content (AvgIpc) is 3.52. The van der Waals surface area contributed by atoms with Gasteiger partial charge in [0.2, 0.25) is 5.91 Å². The zero-order valence-corrected chi connectivity index (χ0v) is 26.0. The number of benzene rings is 2. The first-order valence-electron chi connectivity index (χ1n) is 15.3. The van der Waals surface area contributed by atoms with Gasteiger partial charge in [-0.25, -0.2) is 0 Å². The summed E-state index contributed by atoms with van der Waals surface area (Å²) in [7, 11) is 4.01. The molecule has 9 heteroatoms. The molecule has 2 saturated heterocycles. The first-order valence-corrected chi connectivity index (χ1v) is 15.3. The number of pyridine rings is 1. The van der Waals surface area contributed by atoms with E-state index in [1.165, 1.54) is 0 Å². The molecule has 3 amide bonds. The van der Waals surface area contributed by atoms with Crippen molar-refractivity contribution in [1.82, 2.24) is 25.1 Å². The molecule has 3 aliphatic rings. The molecule has 9 nitrogen and oxygen atoms in total. The second kappa shape index (κ2) is 11.4. The summed E-state index contributed by atoms with van der Waals surface area (Å²) < 4.78 is 0. The van der Waals surface area contributed by atoms with Gasteiger partial charge >= 0.3 is 0 Å². The quantitative estimate of drug-likeness (QED) is 0.335. The highest BCUT2D eigenvalue weighted by Crippen LogP contribution is 2.64. The van der Waals surface area contributed by atoms with Gasteiger partial charge in [-0.05, 0) is 48.2 Å². The predicted molar refractivity (Wildman–Crippen MR) is 173 cm³/mol. The van der Waals surface area contributed by atoms with Gasteiger partial charge in [0.15, 0.2) is 0 Å². The van der Waals surface area contributed by atoms with Crippen molar-refractivity contribution in [3.8, 4) is 11.1 Å². The summed E-state index contributed by atoms with van der Waals surface area (Å²) in [6.07, 6.45) is 2.64. The van der Waals surface area contributed by atoms with Crippen molar-refractivity contribution in [3.05, 3.63) is 84.3 Å². The molecule has 0 radical (unpaired) electrons. The van der Waals surface area contributed by atoms with Crippen LogP contribution in [0, 0.1) is 11.3 Å². The molecule has 3 unspecified atom stereocenters. The smallest absolute Gasteiger partial charge is 0.272 e. The van der Waals surface area contributed by atoms with E-state index < -0.39 is 0 Å². The number of amides is 3. The highest BCUT2D eigenvalue weighted by Gasteiger charge is 2.75. The number of H-pyrrole nitrogens is 1. The Morgan fingerprint density at radius 1 is 0.977 bits per heavy atom. The summed E-state index contributed by atoms with van der Waals surface area (Å²) in [6, 6.07) is 21.5. The zero-order valence-electron chi connectivity index (χ0n) is 26.0. The average molecular weight is 593 g/mol. The van der Waals surface area contributed by atoms with E-state index in [9.17, 15) is 14.4 Å². The van der Waals surface area contributed by atoms with E-state index in [-0.39, 0.29) is 41.8 Å². The number of nitrogens with zero attached hydrogens (tertiary/aromatic N) is 4. The molecule has 4 heterocycles. The van der Waals surface area contributed by atoms with Crippen LogP contribution >= 0.6 is 0 Å². The number of para-hydroxylation sites is 1. The lowest BCUT2D eigenvalue weighted by Gasteiger charge is -2.46. The fourth-order valence-corrected chi connectivity index (χ4v) is 6.40. The standard InChI is InChI=1S/C31H30N6O3.C4H10/c1-35(2)22-10-7-19(8-11-22)21-9-12-24(32-15-21)30(40)37-18-31-14-26(31)36(17-27(31)37)28(38)16-33-29(39)25-13-20-5-3-4-6-23(20)34-25;1-4(2)3/h3-13,15,26-27,34H,14,16-18H2,1-2H3,(H,33,39);4H,1-3H3. The Balaban J connectivity index is 0.000000810. The molecule has 2 aromatic heterocycles. The molecule has 2 aliphatic heterocycles. The highest BCUT2D eigenvalue weighted by atomic mass is 16.2. The summed E-state index contributed by atoms with van der Waals surface area (Å²) in [5.41, 5.74) is 4.84. The minimum atomic E-state index is -0.308. The lowest BCUT2D eigenvalue weighted by molar-refractivity contribution is -0.130. The van der Waals surface area contributed by atoms with Gasteiger partial charge in [0, 0.05) is 67.0 Å². The van der Waals surface area contributed by atoms with Crippen LogP contribution in [0.3, 0.4) is 0 Å². The number of likely N-dealkylation sites (tertiary alicyclic amines) is 2. The Labute approximate surface area is 258 Å². The van der Waals surface area contributed by atoms with Crippen LogP contribution in [-0.4, -0.2) is 83.3 Å².